The van der Waals surface area contributed by atoms with Gasteiger partial charge in [-0.15, -0.1) is 0 Å². The summed E-state index contributed by atoms with van der Waals surface area (Å²) < 4.78 is 6.46. The lowest BCUT2D eigenvalue weighted by molar-refractivity contribution is 0.311. The van der Waals surface area contributed by atoms with E-state index in [-0.39, 0.29) is 0 Å². The van der Waals surface area contributed by atoms with Gasteiger partial charge >= 0.3 is 0 Å². The third-order valence-corrected chi connectivity index (χ3v) is 2.43. The highest BCUT2D eigenvalue weighted by Crippen LogP contribution is 2.25. The number of hydrogen-bond donors (Lipinski definition) is 0. The first-order chi connectivity index (χ1) is 7.24. The Hall–Kier alpha value is -1.19. The molecule has 0 amide bonds. The number of nitrogens with zero attached hydrogens (tertiary/aromatic N) is 3. The second-order valence-corrected chi connectivity index (χ2v) is 3.94. The lowest BCUT2D eigenvalue weighted by Gasteiger charge is -2.07. The van der Waals surface area contributed by atoms with E-state index in [2.05, 4.69) is 26.0 Å². The molecule has 15 heavy (non-hydrogen) atoms. The molecule has 80 valence electrons. The summed E-state index contributed by atoms with van der Waals surface area (Å²) in [4.78, 5) is 2.67. The maximum Gasteiger partial charge on any atom is 0.133 e. The number of aryl methyl sites for hydroxylation is 1. The predicted octanol–water partition coefficient (Wildman–Crippen LogP) is 3.84. The second kappa shape index (κ2) is 6.32. The molecule has 0 N–H and O–H groups in total. The second-order valence-electron chi connectivity index (χ2n) is 3.09. The maximum atomic E-state index is 8.07. The summed E-state index contributed by atoms with van der Waals surface area (Å²) in [5.74, 6) is 0.821. The van der Waals surface area contributed by atoms with Gasteiger partial charge in [0.25, 0.3) is 0 Å². The van der Waals surface area contributed by atoms with Gasteiger partial charge in [-0.2, -0.15) is 0 Å². The number of azide groups is 1. The van der Waals surface area contributed by atoms with E-state index in [1.54, 1.807) is 0 Å². The van der Waals surface area contributed by atoms with Crippen molar-refractivity contribution in [3.63, 3.8) is 0 Å². The fraction of sp³-hybridized carbons (Fsp3) is 0.400. The van der Waals surface area contributed by atoms with Gasteiger partial charge in [-0.3, -0.25) is 0 Å². The monoisotopic (exact) mass is 269 g/mol. The number of ether oxygens (including phenoxy) is 1. The van der Waals surface area contributed by atoms with Crippen molar-refractivity contribution in [3.05, 3.63) is 38.7 Å². The lowest BCUT2D eigenvalue weighted by Crippen LogP contribution is -1.99. The topological polar surface area (TPSA) is 58.0 Å². The molecule has 0 aliphatic carbocycles. The van der Waals surface area contributed by atoms with E-state index in [1.807, 2.05) is 25.1 Å². The molecule has 0 saturated carbocycles. The molecule has 0 saturated heterocycles. The molecule has 1 aromatic carbocycles. The number of benzene rings is 1. The molecule has 0 aromatic heterocycles. The molecule has 0 spiro atoms. The third kappa shape index (κ3) is 4.23. The van der Waals surface area contributed by atoms with Crippen molar-refractivity contribution in [2.75, 3.05) is 13.2 Å². The van der Waals surface area contributed by atoms with Crippen molar-refractivity contribution >= 4 is 15.9 Å². The first-order valence-corrected chi connectivity index (χ1v) is 5.43. The summed E-state index contributed by atoms with van der Waals surface area (Å²) in [5, 5.41) is 3.43. The molecular formula is C10H12BrN3O. The van der Waals surface area contributed by atoms with E-state index in [1.165, 1.54) is 5.56 Å². The average molecular weight is 270 g/mol. The van der Waals surface area contributed by atoms with Crippen molar-refractivity contribution in [1.82, 2.24) is 0 Å². The van der Waals surface area contributed by atoms with Gasteiger partial charge in [-0.25, -0.2) is 0 Å². The van der Waals surface area contributed by atoms with Crippen molar-refractivity contribution in [3.8, 4) is 5.75 Å². The highest BCUT2D eigenvalue weighted by molar-refractivity contribution is 9.10. The molecule has 0 aliphatic heterocycles. The minimum Gasteiger partial charge on any atom is -0.492 e. The van der Waals surface area contributed by atoms with E-state index in [4.69, 9.17) is 10.3 Å². The van der Waals surface area contributed by atoms with Crippen LogP contribution in [-0.4, -0.2) is 13.2 Å². The van der Waals surface area contributed by atoms with Gasteiger partial charge in [-0.05, 0) is 52.5 Å². The van der Waals surface area contributed by atoms with E-state index in [0.29, 0.717) is 13.2 Å². The highest BCUT2D eigenvalue weighted by Gasteiger charge is 1.99. The highest BCUT2D eigenvalue weighted by atomic mass is 79.9. The van der Waals surface area contributed by atoms with E-state index in [9.17, 15) is 0 Å². The minimum atomic E-state index is 0.472. The van der Waals surface area contributed by atoms with Crippen LogP contribution < -0.4 is 4.74 Å². The standard InChI is InChI=1S/C10H12BrN3O/c1-8-3-4-10(9(11)7-8)15-6-2-5-13-14-12/h3-4,7H,2,5-6H2,1H3. The molecule has 4 nitrogen and oxygen atoms in total. The molecule has 1 aromatic rings. The molecule has 0 bridgehead atoms. The van der Waals surface area contributed by atoms with Gasteiger partial charge in [0.1, 0.15) is 5.75 Å². The van der Waals surface area contributed by atoms with Crippen LogP contribution in [0, 0.1) is 6.92 Å². The van der Waals surface area contributed by atoms with Crippen LogP contribution in [0.4, 0.5) is 0 Å². The van der Waals surface area contributed by atoms with Crippen LogP contribution in [0.2, 0.25) is 0 Å². The Balaban J connectivity index is 2.40. The van der Waals surface area contributed by atoms with Crippen LogP contribution in [-0.2, 0) is 0 Å². The van der Waals surface area contributed by atoms with Crippen LogP contribution >= 0.6 is 15.9 Å². The maximum absolute atomic E-state index is 8.07. The van der Waals surface area contributed by atoms with Gasteiger partial charge in [0.05, 0.1) is 11.1 Å². The molecule has 0 aliphatic rings. The molecule has 1 rings (SSSR count). The Morgan fingerprint density at radius 3 is 3.00 bits per heavy atom. The van der Waals surface area contributed by atoms with Gasteiger partial charge in [0.2, 0.25) is 0 Å². The average Bonchev–Trinajstić information content (AvgIpc) is 2.20. The summed E-state index contributed by atoms with van der Waals surface area (Å²) in [6, 6.07) is 5.92. The first-order valence-electron chi connectivity index (χ1n) is 4.64. The summed E-state index contributed by atoms with van der Waals surface area (Å²) in [6.07, 6.45) is 0.727. The number of rotatable bonds is 5. The fourth-order valence-electron chi connectivity index (χ4n) is 1.09. The molecular weight excluding hydrogens is 258 g/mol. The zero-order valence-corrected chi connectivity index (χ0v) is 10.1. The van der Waals surface area contributed by atoms with Crippen LogP contribution in [0.3, 0.4) is 0 Å². The summed E-state index contributed by atoms with van der Waals surface area (Å²) in [6.45, 7) is 3.05. The van der Waals surface area contributed by atoms with E-state index in [0.717, 1.165) is 16.6 Å². The Bertz CT molecular complexity index is 375. The number of hydrogen-bond acceptors (Lipinski definition) is 2. The first kappa shape index (κ1) is 11.9. The van der Waals surface area contributed by atoms with Crippen molar-refractivity contribution in [1.29, 1.82) is 0 Å². The van der Waals surface area contributed by atoms with Gasteiger partial charge in [-0.1, -0.05) is 11.2 Å². The number of halogens is 1. The molecule has 0 fully saturated rings. The zero-order chi connectivity index (χ0) is 11.1. The molecule has 0 radical (unpaired) electrons. The van der Waals surface area contributed by atoms with Gasteiger partial charge in [0, 0.05) is 11.5 Å². The molecule has 0 unspecified atom stereocenters. The van der Waals surface area contributed by atoms with Crippen LogP contribution in [0.25, 0.3) is 10.4 Å². The fourth-order valence-corrected chi connectivity index (χ4v) is 1.69. The molecule has 5 heteroatoms. The Kier molecular flexibility index (Phi) is 5.01. The summed E-state index contributed by atoms with van der Waals surface area (Å²) >= 11 is 3.42. The largest absolute Gasteiger partial charge is 0.492 e. The smallest absolute Gasteiger partial charge is 0.133 e. The Morgan fingerprint density at radius 2 is 2.33 bits per heavy atom. The van der Waals surface area contributed by atoms with E-state index < -0.39 is 0 Å². The summed E-state index contributed by atoms with van der Waals surface area (Å²) in [5.41, 5.74) is 9.25. The normalized spacial score (nSPS) is 9.47. The molecule has 0 atom stereocenters. The van der Waals surface area contributed by atoms with Crippen molar-refractivity contribution in [2.24, 2.45) is 5.11 Å². The van der Waals surface area contributed by atoms with Crippen molar-refractivity contribution < 1.29 is 4.74 Å². The van der Waals surface area contributed by atoms with Crippen LogP contribution in [0.15, 0.2) is 27.8 Å². The quantitative estimate of drug-likeness (QED) is 0.347. The van der Waals surface area contributed by atoms with E-state index >= 15 is 0 Å². The SMILES string of the molecule is Cc1ccc(OCCCN=[N+]=[N-])c(Br)c1. The van der Waals surface area contributed by atoms with Gasteiger partial charge in [0.15, 0.2) is 0 Å². The summed E-state index contributed by atoms with van der Waals surface area (Å²) in [7, 11) is 0. The Labute approximate surface area is 97.0 Å². The van der Waals surface area contributed by atoms with Crippen LogP contribution in [0.5, 0.6) is 5.75 Å². The van der Waals surface area contributed by atoms with Gasteiger partial charge < -0.3 is 4.74 Å². The lowest BCUT2D eigenvalue weighted by atomic mass is 10.2. The Morgan fingerprint density at radius 1 is 1.53 bits per heavy atom. The predicted molar refractivity (Wildman–Crippen MR) is 63.0 cm³/mol. The van der Waals surface area contributed by atoms with Crippen molar-refractivity contribution in [2.45, 2.75) is 13.3 Å². The third-order valence-electron chi connectivity index (χ3n) is 1.81. The zero-order valence-electron chi connectivity index (χ0n) is 8.48. The minimum absolute atomic E-state index is 0.472. The molecule has 0 heterocycles. The van der Waals surface area contributed by atoms with Crippen LogP contribution in [0.1, 0.15) is 12.0 Å².